The zero-order valence-corrected chi connectivity index (χ0v) is 9.86. The second kappa shape index (κ2) is 5.62. The molecule has 90 valence electrons. The van der Waals surface area contributed by atoms with Crippen LogP contribution in [0.5, 0.6) is 0 Å². The lowest BCUT2D eigenvalue weighted by Gasteiger charge is -2.20. The summed E-state index contributed by atoms with van der Waals surface area (Å²) in [7, 11) is 0. The Hall–Kier alpha value is -1.40. The molecule has 0 aliphatic heterocycles. The summed E-state index contributed by atoms with van der Waals surface area (Å²) in [6.07, 6.45) is 0. The lowest BCUT2D eigenvalue weighted by atomic mass is 10.1. The summed E-state index contributed by atoms with van der Waals surface area (Å²) in [6, 6.07) is 1.78. The van der Waals surface area contributed by atoms with E-state index >= 15 is 0 Å². The van der Waals surface area contributed by atoms with Gasteiger partial charge in [0.25, 0.3) is 0 Å². The topological polar surface area (TPSA) is 96.1 Å². The standard InChI is InChI=1S/C10H19N5O/c1-6(2)8(5-16)13-9-4-7(3)12-10(14-9)15-11/h4,6,8,16H,5,11H2,1-3H3,(H2,12,13,14,15). The van der Waals surface area contributed by atoms with Crippen LogP contribution in [0.15, 0.2) is 6.07 Å². The largest absolute Gasteiger partial charge is 0.394 e. The molecule has 1 aromatic rings. The van der Waals surface area contributed by atoms with Gasteiger partial charge in [0.15, 0.2) is 0 Å². The summed E-state index contributed by atoms with van der Waals surface area (Å²) in [5.41, 5.74) is 3.21. The maximum Gasteiger partial charge on any atom is 0.239 e. The van der Waals surface area contributed by atoms with Crippen LogP contribution in [0, 0.1) is 12.8 Å². The average molecular weight is 225 g/mol. The van der Waals surface area contributed by atoms with Gasteiger partial charge in [-0.15, -0.1) is 0 Å². The Labute approximate surface area is 95.3 Å². The number of hydrazine groups is 1. The molecule has 1 heterocycles. The first kappa shape index (κ1) is 12.7. The van der Waals surface area contributed by atoms with Crippen LogP contribution in [0.25, 0.3) is 0 Å². The summed E-state index contributed by atoms with van der Waals surface area (Å²) in [5, 5.41) is 12.4. The number of nitrogens with one attached hydrogen (secondary N) is 2. The number of anilines is 2. The smallest absolute Gasteiger partial charge is 0.239 e. The molecule has 6 nitrogen and oxygen atoms in total. The van der Waals surface area contributed by atoms with Crippen molar-refractivity contribution in [3.05, 3.63) is 11.8 Å². The fourth-order valence-electron chi connectivity index (χ4n) is 1.32. The molecular formula is C10H19N5O. The Morgan fingerprint density at radius 3 is 2.62 bits per heavy atom. The number of hydrogen-bond acceptors (Lipinski definition) is 6. The van der Waals surface area contributed by atoms with E-state index < -0.39 is 0 Å². The SMILES string of the molecule is Cc1cc(NC(CO)C(C)C)nc(NN)n1. The molecule has 1 aromatic heterocycles. The quantitative estimate of drug-likeness (QED) is 0.430. The van der Waals surface area contributed by atoms with Crippen molar-refractivity contribution in [1.82, 2.24) is 9.97 Å². The Bertz CT molecular complexity index is 342. The lowest BCUT2D eigenvalue weighted by Crippen LogP contribution is -2.30. The number of aliphatic hydroxyl groups excluding tert-OH is 1. The molecule has 1 rings (SSSR count). The first-order valence-corrected chi connectivity index (χ1v) is 5.26. The van der Waals surface area contributed by atoms with Gasteiger partial charge in [-0.3, -0.25) is 5.43 Å². The van der Waals surface area contributed by atoms with Crippen molar-refractivity contribution in [3.8, 4) is 0 Å². The number of aryl methyl sites for hydroxylation is 1. The van der Waals surface area contributed by atoms with Gasteiger partial charge in [0.2, 0.25) is 5.95 Å². The van der Waals surface area contributed by atoms with Gasteiger partial charge in [0.05, 0.1) is 12.6 Å². The van der Waals surface area contributed by atoms with E-state index in [0.717, 1.165) is 5.69 Å². The summed E-state index contributed by atoms with van der Waals surface area (Å²) < 4.78 is 0. The molecule has 0 aliphatic rings. The molecule has 0 aliphatic carbocycles. The first-order valence-electron chi connectivity index (χ1n) is 5.26. The number of nitrogens with zero attached hydrogens (tertiary/aromatic N) is 2. The number of aliphatic hydroxyl groups is 1. The summed E-state index contributed by atoms with van der Waals surface area (Å²) in [5.74, 6) is 6.60. The minimum absolute atomic E-state index is 0.0278. The molecule has 0 amide bonds. The zero-order chi connectivity index (χ0) is 12.1. The average Bonchev–Trinajstić information content (AvgIpc) is 2.24. The van der Waals surface area contributed by atoms with Gasteiger partial charge >= 0.3 is 0 Å². The Balaban J connectivity index is 2.83. The molecule has 5 N–H and O–H groups in total. The van der Waals surface area contributed by atoms with Crippen molar-refractivity contribution in [2.75, 3.05) is 17.3 Å². The van der Waals surface area contributed by atoms with Gasteiger partial charge in [0, 0.05) is 11.8 Å². The van der Waals surface area contributed by atoms with E-state index in [0.29, 0.717) is 17.7 Å². The van der Waals surface area contributed by atoms with Crippen molar-refractivity contribution in [1.29, 1.82) is 0 Å². The van der Waals surface area contributed by atoms with Crippen LogP contribution in [-0.4, -0.2) is 27.7 Å². The molecule has 0 saturated heterocycles. The minimum atomic E-state index is -0.0278. The molecule has 0 spiro atoms. The van der Waals surface area contributed by atoms with E-state index in [1.54, 1.807) is 0 Å². The van der Waals surface area contributed by atoms with E-state index in [4.69, 9.17) is 5.84 Å². The van der Waals surface area contributed by atoms with Crippen LogP contribution < -0.4 is 16.6 Å². The fraction of sp³-hybridized carbons (Fsp3) is 0.600. The third-order valence-corrected chi connectivity index (χ3v) is 2.32. The highest BCUT2D eigenvalue weighted by molar-refractivity contribution is 5.42. The number of rotatable bonds is 5. The Kier molecular flexibility index (Phi) is 4.45. The van der Waals surface area contributed by atoms with Crippen LogP contribution in [0.3, 0.4) is 0 Å². The highest BCUT2D eigenvalue weighted by Gasteiger charge is 2.13. The van der Waals surface area contributed by atoms with Crippen LogP contribution >= 0.6 is 0 Å². The number of hydrogen-bond donors (Lipinski definition) is 4. The van der Waals surface area contributed by atoms with Gasteiger partial charge in [-0.1, -0.05) is 13.8 Å². The molecule has 0 saturated carbocycles. The fourth-order valence-corrected chi connectivity index (χ4v) is 1.32. The number of nitrogen functional groups attached to an aromatic ring is 1. The van der Waals surface area contributed by atoms with Crippen molar-refractivity contribution < 1.29 is 5.11 Å². The molecular weight excluding hydrogens is 206 g/mol. The van der Waals surface area contributed by atoms with Crippen LogP contribution in [0.2, 0.25) is 0 Å². The maximum atomic E-state index is 9.21. The van der Waals surface area contributed by atoms with Crippen LogP contribution in [0.4, 0.5) is 11.8 Å². The normalized spacial score (nSPS) is 12.6. The molecule has 16 heavy (non-hydrogen) atoms. The van der Waals surface area contributed by atoms with Crippen LogP contribution in [0.1, 0.15) is 19.5 Å². The summed E-state index contributed by atoms with van der Waals surface area (Å²) >= 11 is 0. The molecule has 0 radical (unpaired) electrons. The second-order valence-electron chi connectivity index (χ2n) is 4.04. The summed E-state index contributed by atoms with van der Waals surface area (Å²) in [4.78, 5) is 8.23. The monoisotopic (exact) mass is 225 g/mol. The van der Waals surface area contributed by atoms with E-state index in [2.05, 4.69) is 20.7 Å². The lowest BCUT2D eigenvalue weighted by molar-refractivity contribution is 0.249. The van der Waals surface area contributed by atoms with Gasteiger partial charge in [-0.25, -0.2) is 10.8 Å². The van der Waals surface area contributed by atoms with Crippen molar-refractivity contribution in [2.45, 2.75) is 26.8 Å². The van der Waals surface area contributed by atoms with Gasteiger partial charge in [0.1, 0.15) is 5.82 Å². The molecule has 1 unspecified atom stereocenters. The van der Waals surface area contributed by atoms with Gasteiger partial charge in [-0.2, -0.15) is 4.98 Å². The number of nitrogens with two attached hydrogens (primary N) is 1. The molecule has 0 aromatic carbocycles. The van der Waals surface area contributed by atoms with E-state index in [9.17, 15) is 5.11 Å². The highest BCUT2D eigenvalue weighted by atomic mass is 16.3. The van der Waals surface area contributed by atoms with Gasteiger partial charge in [-0.05, 0) is 12.8 Å². The summed E-state index contributed by atoms with van der Waals surface area (Å²) in [6.45, 7) is 5.98. The predicted molar refractivity (Wildman–Crippen MR) is 63.9 cm³/mol. The Morgan fingerprint density at radius 2 is 2.12 bits per heavy atom. The van der Waals surface area contributed by atoms with E-state index in [1.807, 2.05) is 26.8 Å². The van der Waals surface area contributed by atoms with Crippen molar-refractivity contribution in [3.63, 3.8) is 0 Å². The third-order valence-electron chi connectivity index (χ3n) is 2.32. The van der Waals surface area contributed by atoms with Crippen molar-refractivity contribution >= 4 is 11.8 Å². The Morgan fingerprint density at radius 1 is 1.44 bits per heavy atom. The molecule has 6 heteroatoms. The van der Waals surface area contributed by atoms with Crippen LogP contribution in [-0.2, 0) is 0 Å². The second-order valence-corrected chi connectivity index (χ2v) is 4.04. The number of aromatic nitrogens is 2. The maximum absolute atomic E-state index is 9.21. The van der Waals surface area contributed by atoms with Crippen molar-refractivity contribution in [2.24, 2.45) is 11.8 Å². The zero-order valence-electron chi connectivity index (χ0n) is 9.86. The van der Waals surface area contributed by atoms with Gasteiger partial charge < -0.3 is 10.4 Å². The van der Waals surface area contributed by atoms with E-state index in [-0.39, 0.29) is 12.6 Å². The van der Waals surface area contributed by atoms with E-state index in [1.165, 1.54) is 0 Å². The minimum Gasteiger partial charge on any atom is -0.394 e. The highest BCUT2D eigenvalue weighted by Crippen LogP contribution is 2.13. The molecule has 1 atom stereocenters. The first-order chi connectivity index (χ1) is 7.56. The predicted octanol–water partition coefficient (Wildman–Crippen LogP) is 0.499. The molecule has 0 fully saturated rings. The third kappa shape index (κ3) is 3.32. The molecule has 0 bridgehead atoms.